The summed E-state index contributed by atoms with van der Waals surface area (Å²) in [5.41, 5.74) is 0. The molecule has 1 fully saturated rings. The van der Waals surface area contributed by atoms with Gasteiger partial charge < -0.3 is 10.2 Å². The number of hydrogen-bond acceptors (Lipinski definition) is 2. The van der Waals surface area contributed by atoms with Crippen LogP contribution in [0.2, 0.25) is 0 Å². The Labute approximate surface area is 88.8 Å². The molecule has 0 radical (unpaired) electrons. The van der Waals surface area contributed by atoms with E-state index in [-0.39, 0.29) is 6.54 Å². The number of nitrogens with one attached hydrogen (secondary N) is 1. The Morgan fingerprint density at radius 2 is 2.00 bits per heavy atom. The molecule has 2 nitrogen and oxygen atoms in total. The lowest BCUT2D eigenvalue weighted by atomic mass is 9.88. The summed E-state index contributed by atoms with van der Waals surface area (Å²) < 4.78 is 35.9. The lowest BCUT2D eigenvalue weighted by molar-refractivity contribution is -0.137. The monoisotopic (exact) mass is 224 g/mol. The minimum Gasteiger partial charge on any atom is -0.316 e. The molecular formula is C10H19F3N2. The van der Waals surface area contributed by atoms with Gasteiger partial charge in [-0.2, -0.15) is 13.2 Å². The Bertz CT molecular complexity index is 190. The average Bonchev–Trinajstić information content (AvgIpc) is 1.95. The highest BCUT2D eigenvalue weighted by molar-refractivity contribution is 4.80. The highest BCUT2D eigenvalue weighted by Gasteiger charge is 2.28. The summed E-state index contributed by atoms with van der Waals surface area (Å²) >= 11 is 0. The van der Waals surface area contributed by atoms with E-state index in [1.54, 1.807) is 11.9 Å². The first-order valence-corrected chi connectivity index (χ1v) is 5.34. The summed E-state index contributed by atoms with van der Waals surface area (Å²) in [6.45, 7) is 4.98. The smallest absolute Gasteiger partial charge is 0.316 e. The van der Waals surface area contributed by atoms with E-state index in [4.69, 9.17) is 0 Å². The fourth-order valence-electron chi connectivity index (χ4n) is 1.76. The maximum Gasteiger partial charge on any atom is 0.390 e. The third kappa shape index (κ3) is 4.84. The van der Waals surface area contributed by atoms with Crippen LogP contribution in [0, 0.1) is 11.8 Å². The molecule has 1 aliphatic rings. The second-order valence-electron chi connectivity index (χ2n) is 4.52. The van der Waals surface area contributed by atoms with Crippen LogP contribution >= 0.6 is 0 Å². The standard InChI is InChI=1S/C10H19F3N2/c1-8(9-5-14-6-9)7-15(2)4-3-10(11,12)13/h8-9,14H,3-7H2,1-2H3. The lowest BCUT2D eigenvalue weighted by Crippen LogP contribution is -2.48. The van der Waals surface area contributed by atoms with E-state index < -0.39 is 12.6 Å². The van der Waals surface area contributed by atoms with Gasteiger partial charge in [0.05, 0.1) is 6.42 Å². The zero-order chi connectivity index (χ0) is 11.5. The number of alkyl halides is 3. The molecule has 1 atom stereocenters. The number of nitrogens with zero attached hydrogens (tertiary/aromatic N) is 1. The molecule has 0 bridgehead atoms. The number of rotatable bonds is 5. The van der Waals surface area contributed by atoms with Crippen molar-refractivity contribution >= 4 is 0 Å². The fourth-order valence-corrected chi connectivity index (χ4v) is 1.76. The van der Waals surface area contributed by atoms with Crippen LogP contribution in [-0.2, 0) is 0 Å². The summed E-state index contributed by atoms with van der Waals surface area (Å²) in [5, 5.41) is 3.17. The second kappa shape index (κ2) is 5.16. The molecule has 0 aliphatic carbocycles. The minimum absolute atomic E-state index is 0.105. The van der Waals surface area contributed by atoms with Crippen LogP contribution in [0.25, 0.3) is 0 Å². The van der Waals surface area contributed by atoms with Gasteiger partial charge in [-0.05, 0) is 32.0 Å². The highest BCUT2D eigenvalue weighted by atomic mass is 19.4. The molecule has 1 saturated heterocycles. The van der Waals surface area contributed by atoms with E-state index in [1.807, 2.05) is 0 Å². The average molecular weight is 224 g/mol. The summed E-state index contributed by atoms with van der Waals surface area (Å²) in [4.78, 5) is 1.77. The SMILES string of the molecule is CC(CN(C)CCC(F)(F)F)C1CNC1. The van der Waals surface area contributed by atoms with Gasteiger partial charge in [-0.15, -0.1) is 0 Å². The third-order valence-corrected chi connectivity index (χ3v) is 2.99. The van der Waals surface area contributed by atoms with E-state index in [2.05, 4.69) is 12.2 Å². The first-order valence-electron chi connectivity index (χ1n) is 5.34. The van der Waals surface area contributed by atoms with E-state index in [0.717, 1.165) is 19.6 Å². The first-order chi connectivity index (χ1) is 6.88. The second-order valence-corrected chi connectivity index (χ2v) is 4.52. The maximum absolute atomic E-state index is 12.0. The van der Waals surface area contributed by atoms with Crippen molar-refractivity contribution in [2.24, 2.45) is 11.8 Å². The molecule has 90 valence electrons. The Balaban J connectivity index is 2.14. The topological polar surface area (TPSA) is 15.3 Å². The molecule has 1 rings (SSSR count). The van der Waals surface area contributed by atoms with Crippen molar-refractivity contribution in [2.75, 3.05) is 33.2 Å². The molecule has 1 heterocycles. The van der Waals surface area contributed by atoms with Gasteiger partial charge in [0.25, 0.3) is 0 Å². The molecule has 1 aliphatic heterocycles. The Morgan fingerprint density at radius 1 is 1.40 bits per heavy atom. The van der Waals surface area contributed by atoms with E-state index >= 15 is 0 Å². The molecule has 15 heavy (non-hydrogen) atoms. The molecule has 0 saturated carbocycles. The van der Waals surface area contributed by atoms with Gasteiger partial charge in [0.1, 0.15) is 0 Å². The maximum atomic E-state index is 12.0. The molecule has 0 spiro atoms. The van der Waals surface area contributed by atoms with Crippen LogP contribution in [0.5, 0.6) is 0 Å². The first kappa shape index (κ1) is 12.8. The molecule has 0 amide bonds. The predicted octanol–water partition coefficient (Wildman–Crippen LogP) is 1.73. The predicted molar refractivity (Wildman–Crippen MR) is 53.7 cm³/mol. The van der Waals surface area contributed by atoms with Gasteiger partial charge in [0, 0.05) is 13.1 Å². The van der Waals surface area contributed by atoms with Crippen LogP contribution in [0.4, 0.5) is 13.2 Å². The summed E-state index contributed by atoms with van der Waals surface area (Å²) in [6, 6.07) is 0. The quantitative estimate of drug-likeness (QED) is 0.765. The van der Waals surface area contributed by atoms with Gasteiger partial charge in [0.15, 0.2) is 0 Å². The molecule has 1 N–H and O–H groups in total. The molecule has 1 unspecified atom stereocenters. The lowest BCUT2D eigenvalue weighted by Gasteiger charge is -2.34. The van der Waals surface area contributed by atoms with E-state index in [1.165, 1.54) is 0 Å². The van der Waals surface area contributed by atoms with Crippen molar-refractivity contribution in [3.05, 3.63) is 0 Å². The van der Waals surface area contributed by atoms with Crippen molar-refractivity contribution in [2.45, 2.75) is 19.5 Å². The van der Waals surface area contributed by atoms with Gasteiger partial charge in [-0.3, -0.25) is 0 Å². The Morgan fingerprint density at radius 3 is 2.40 bits per heavy atom. The summed E-state index contributed by atoms with van der Waals surface area (Å²) in [6.07, 6.45) is -4.74. The molecular weight excluding hydrogens is 205 g/mol. The molecule has 0 aromatic carbocycles. The van der Waals surface area contributed by atoms with Crippen molar-refractivity contribution < 1.29 is 13.2 Å². The van der Waals surface area contributed by atoms with Crippen LogP contribution in [-0.4, -0.2) is 44.3 Å². The van der Waals surface area contributed by atoms with Crippen LogP contribution in [0.1, 0.15) is 13.3 Å². The molecule has 5 heteroatoms. The number of halogens is 3. The normalized spacial score (nSPS) is 20.4. The van der Waals surface area contributed by atoms with Crippen molar-refractivity contribution in [1.82, 2.24) is 10.2 Å². The van der Waals surface area contributed by atoms with Crippen LogP contribution in [0.3, 0.4) is 0 Å². The van der Waals surface area contributed by atoms with Crippen molar-refractivity contribution in [3.8, 4) is 0 Å². The molecule has 0 aromatic rings. The minimum atomic E-state index is -4.03. The van der Waals surface area contributed by atoms with Gasteiger partial charge >= 0.3 is 6.18 Å². The third-order valence-electron chi connectivity index (χ3n) is 2.99. The Hall–Kier alpha value is -0.290. The van der Waals surface area contributed by atoms with Crippen molar-refractivity contribution in [3.63, 3.8) is 0 Å². The summed E-state index contributed by atoms with van der Waals surface area (Å²) in [5.74, 6) is 1.11. The largest absolute Gasteiger partial charge is 0.390 e. The summed E-state index contributed by atoms with van der Waals surface area (Å²) in [7, 11) is 1.76. The fraction of sp³-hybridized carbons (Fsp3) is 1.00. The van der Waals surface area contributed by atoms with Crippen molar-refractivity contribution in [1.29, 1.82) is 0 Å². The van der Waals surface area contributed by atoms with Crippen LogP contribution in [0.15, 0.2) is 0 Å². The molecule has 0 aromatic heterocycles. The van der Waals surface area contributed by atoms with Gasteiger partial charge in [-0.25, -0.2) is 0 Å². The van der Waals surface area contributed by atoms with Gasteiger partial charge in [-0.1, -0.05) is 6.92 Å². The van der Waals surface area contributed by atoms with Crippen LogP contribution < -0.4 is 5.32 Å². The van der Waals surface area contributed by atoms with E-state index in [0.29, 0.717) is 11.8 Å². The Kier molecular flexibility index (Phi) is 4.40. The van der Waals surface area contributed by atoms with Gasteiger partial charge in [0.2, 0.25) is 0 Å². The van der Waals surface area contributed by atoms with E-state index in [9.17, 15) is 13.2 Å². The highest BCUT2D eigenvalue weighted by Crippen LogP contribution is 2.21. The number of hydrogen-bond donors (Lipinski definition) is 1. The zero-order valence-electron chi connectivity index (χ0n) is 9.27. The zero-order valence-corrected chi connectivity index (χ0v) is 9.27.